The normalized spacial score (nSPS) is 46.6. The molecule has 5 rings (SSSR count). The Kier molecular flexibility index (Phi) is 5.43. The molecule has 0 aromatic heterocycles. The summed E-state index contributed by atoms with van der Waals surface area (Å²) in [5.74, 6) is -1.60. The van der Waals surface area contributed by atoms with Crippen LogP contribution in [0.2, 0.25) is 0 Å². The highest BCUT2D eigenvalue weighted by Gasteiger charge is 2.81. The Morgan fingerprint density at radius 1 is 1.03 bits per heavy atom. The highest BCUT2D eigenvalue weighted by atomic mass is 16.5. The van der Waals surface area contributed by atoms with Crippen molar-refractivity contribution in [1.82, 2.24) is 0 Å². The van der Waals surface area contributed by atoms with Crippen LogP contribution in [-0.2, 0) is 9.53 Å². The highest BCUT2D eigenvalue weighted by molar-refractivity contribution is 5.90. The van der Waals surface area contributed by atoms with Gasteiger partial charge in [0.05, 0.1) is 17.1 Å². The van der Waals surface area contributed by atoms with E-state index in [-0.39, 0.29) is 25.7 Å². The molecule has 3 fully saturated rings. The molecular weight excluding hydrogens is 448 g/mol. The molecule has 8 unspecified atom stereocenters. The number of fused-ring (bicyclic) bond motifs is 5. The minimum Gasteiger partial charge on any atom is -0.458 e. The van der Waals surface area contributed by atoms with Gasteiger partial charge in [0, 0.05) is 5.92 Å². The van der Waals surface area contributed by atoms with Gasteiger partial charge in [0.1, 0.15) is 22.9 Å². The first-order valence-corrected chi connectivity index (χ1v) is 12.7. The second kappa shape index (κ2) is 7.72. The van der Waals surface area contributed by atoms with Crippen molar-refractivity contribution in [1.29, 1.82) is 0 Å². The van der Waals surface area contributed by atoms with Gasteiger partial charge in [-0.15, -0.1) is 0 Å². The number of carbonyl (C=O) groups excluding carboxylic acids is 2. The quantitative estimate of drug-likeness (QED) is 0.384. The molecule has 35 heavy (non-hydrogen) atoms. The van der Waals surface area contributed by atoms with Gasteiger partial charge in [-0.25, -0.2) is 4.79 Å². The number of benzene rings is 1. The molecule has 1 aromatic carbocycles. The van der Waals surface area contributed by atoms with Gasteiger partial charge in [0.2, 0.25) is 0 Å². The summed E-state index contributed by atoms with van der Waals surface area (Å²) < 4.78 is 6.05. The molecule has 0 heterocycles. The van der Waals surface area contributed by atoms with Crippen molar-refractivity contribution >= 4 is 11.8 Å². The minimum absolute atomic E-state index is 0.00778. The van der Waals surface area contributed by atoms with Crippen LogP contribution in [0.1, 0.15) is 76.1 Å². The van der Waals surface area contributed by atoms with E-state index in [0.29, 0.717) is 24.8 Å². The Hall–Kier alpha value is -2.06. The lowest BCUT2D eigenvalue weighted by atomic mass is 9.42. The third-order valence-corrected chi connectivity index (χ3v) is 10.4. The van der Waals surface area contributed by atoms with Crippen molar-refractivity contribution in [3.8, 4) is 0 Å². The van der Waals surface area contributed by atoms with Crippen LogP contribution in [0.5, 0.6) is 0 Å². The molecule has 0 amide bonds. The number of ketones is 1. The second-order valence-electron chi connectivity index (χ2n) is 11.7. The highest BCUT2D eigenvalue weighted by Crippen LogP contribution is 2.70. The lowest BCUT2D eigenvalue weighted by molar-refractivity contribution is -0.312. The number of aliphatic hydroxyl groups excluding tert-OH is 1. The van der Waals surface area contributed by atoms with E-state index < -0.39 is 57.5 Å². The summed E-state index contributed by atoms with van der Waals surface area (Å²) in [6, 6.07) is 8.50. The van der Waals surface area contributed by atoms with Gasteiger partial charge in [0.25, 0.3) is 0 Å². The maximum absolute atomic E-state index is 13.2. The third kappa shape index (κ3) is 2.98. The van der Waals surface area contributed by atoms with Crippen molar-refractivity contribution in [2.45, 2.75) is 94.7 Å². The molecule has 1 aromatic rings. The summed E-state index contributed by atoms with van der Waals surface area (Å²) in [6.07, 6.45) is 2.48. The van der Waals surface area contributed by atoms with Crippen LogP contribution < -0.4 is 0 Å². The molecule has 0 radical (unpaired) electrons. The van der Waals surface area contributed by atoms with E-state index in [2.05, 4.69) is 0 Å². The fraction of sp³-hybridized carbons (Fsp3) is 0.643. The van der Waals surface area contributed by atoms with E-state index in [4.69, 9.17) is 4.74 Å². The van der Waals surface area contributed by atoms with E-state index in [0.717, 1.165) is 5.57 Å². The summed E-state index contributed by atoms with van der Waals surface area (Å²) in [5.41, 5.74) is -6.20. The largest absolute Gasteiger partial charge is 0.458 e. The molecule has 0 saturated heterocycles. The lowest BCUT2D eigenvalue weighted by Gasteiger charge is -2.67. The van der Waals surface area contributed by atoms with Crippen LogP contribution in [0.3, 0.4) is 0 Å². The summed E-state index contributed by atoms with van der Waals surface area (Å²) >= 11 is 0. The van der Waals surface area contributed by atoms with E-state index in [1.165, 1.54) is 6.92 Å². The molecule has 4 N–H and O–H groups in total. The fourth-order valence-corrected chi connectivity index (χ4v) is 8.14. The van der Waals surface area contributed by atoms with Gasteiger partial charge in [-0.2, -0.15) is 0 Å². The first-order chi connectivity index (χ1) is 16.3. The van der Waals surface area contributed by atoms with Gasteiger partial charge in [0.15, 0.2) is 5.78 Å². The molecule has 4 aliphatic carbocycles. The Morgan fingerprint density at radius 3 is 2.37 bits per heavy atom. The SMILES string of the molecule is CC(=O)C1(O)CCC2(O)C3(O)CC=C4CC(O)CCC4(C)C3CC(OC(=O)c3ccccc3)C12C. The van der Waals surface area contributed by atoms with E-state index >= 15 is 0 Å². The number of esters is 1. The molecule has 0 bridgehead atoms. The van der Waals surface area contributed by atoms with Crippen molar-refractivity contribution < 1.29 is 34.8 Å². The van der Waals surface area contributed by atoms with Crippen LogP contribution in [0.15, 0.2) is 42.0 Å². The summed E-state index contributed by atoms with van der Waals surface area (Å²) in [4.78, 5) is 26.0. The maximum atomic E-state index is 13.2. The van der Waals surface area contributed by atoms with Crippen LogP contribution in [0.4, 0.5) is 0 Å². The second-order valence-corrected chi connectivity index (χ2v) is 11.7. The van der Waals surface area contributed by atoms with Crippen molar-refractivity contribution in [2.24, 2.45) is 16.7 Å². The van der Waals surface area contributed by atoms with E-state index in [9.17, 15) is 30.0 Å². The number of hydrogen-bond acceptors (Lipinski definition) is 7. The molecule has 7 heteroatoms. The average Bonchev–Trinajstić information content (AvgIpc) is 3.06. The zero-order valence-corrected chi connectivity index (χ0v) is 20.7. The Bertz CT molecular complexity index is 1080. The minimum atomic E-state index is -1.96. The number of hydrogen-bond donors (Lipinski definition) is 4. The van der Waals surface area contributed by atoms with Gasteiger partial charge in [-0.05, 0) is 76.3 Å². The van der Waals surface area contributed by atoms with Crippen LogP contribution in [0.25, 0.3) is 0 Å². The van der Waals surface area contributed by atoms with Gasteiger partial charge in [-0.3, -0.25) is 4.79 Å². The number of ether oxygens (including phenoxy) is 1. The Balaban J connectivity index is 1.65. The van der Waals surface area contributed by atoms with Crippen LogP contribution in [0, 0.1) is 16.7 Å². The average molecular weight is 485 g/mol. The Labute approximate surface area is 205 Å². The predicted molar refractivity (Wildman–Crippen MR) is 127 cm³/mol. The van der Waals surface area contributed by atoms with E-state index in [1.54, 1.807) is 37.3 Å². The smallest absolute Gasteiger partial charge is 0.338 e. The van der Waals surface area contributed by atoms with Crippen molar-refractivity contribution in [3.63, 3.8) is 0 Å². The Morgan fingerprint density at radius 2 is 1.71 bits per heavy atom. The number of Topliss-reactive ketones (excluding diaryl/α,β-unsaturated/α-hetero) is 1. The van der Waals surface area contributed by atoms with Crippen molar-refractivity contribution in [2.75, 3.05) is 0 Å². The molecule has 190 valence electrons. The van der Waals surface area contributed by atoms with Gasteiger partial charge in [-0.1, -0.05) is 36.8 Å². The molecule has 8 atom stereocenters. The zero-order chi connectivity index (χ0) is 25.4. The zero-order valence-electron chi connectivity index (χ0n) is 20.7. The standard InChI is InChI=1S/C28H36O7/c1-17(29)26(32)13-14-28(34)25(26,3)22(35-23(31)18-7-5-4-6-8-18)16-21-24(2)11-10-20(30)15-19(24)9-12-27(21,28)33/h4-9,20-22,30,32-34H,10-16H2,1-3H3. The third-order valence-electron chi connectivity index (χ3n) is 10.4. The van der Waals surface area contributed by atoms with Crippen LogP contribution in [-0.4, -0.2) is 61.2 Å². The van der Waals surface area contributed by atoms with Crippen LogP contribution >= 0.6 is 0 Å². The van der Waals surface area contributed by atoms with Gasteiger partial charge >= 0.3 is 5.97 Å². The summed E-state index contributed by atoms with van der Waals surface area (Å²) in [7, 11) is 0. The van der Waals surface area contributed by atoms with Gasteiger partial charge < -0.3 is 25.2 Å². The number of aliphatic hydroxyl groups is 4. The monoisotopic (exact) mass is 484 g/mol. The first-order valence-electron chi connectivity index (χ1n) is 12.7. The number of rotatable bonds is 3. The topological polar surface area (TPSA) is 124 Å². The molecule has 4 aliphatic rings. The molecule has 3 saturated carbocycles. The van der Waals surface area contributed by atoms with Crippen molar-refractivity contribution in [3.05, 3.63) is 47.5 Å². The first kappa shape index (κ1) is 24.6. The van der Waals surface area contributed by atoms with E-state index in [1.807, 2.05) is 13.0 Å². The maximum Gasteiger partial charge on any atom is 0.338 e. The lowest BCUT2D eigenvalue weighted by Crippen LogP contribution is -2.78. The molecule has 0 spiro atoms. The predicted octanol–water partition coefficient (Wildman–Crippen LogP) is 2.70. The fourth-order valence-electron chi connectivity index (χ4n) is 8.14. The molecule has 7 nitrogen and oxygen atoms in total. The molecule has 0 aliphatic heterocycles. The molecular formula is C28H36O7. The number of carbonyl (C=O) groups is 2. The summed E-state index contributed by atoms with van der Waals surface area (Å²) in [5, 5.41) is 46.7. The summed E-state index contributed by atoms with van der Waals surface area (Å²) in [6.45, 7) is 4.92.